The van der Waals surface area contributed by atoms with Crippen molar-refractivity contribution in [2.45, 2.75) is 31.0 Å². The summed E-state index contributed by atoms with van der Waals surface area (Å²) in [6.07, 6.45) is -0.663. The predicted molar refractivity (Wildman–Crippen MR) is 104 cm³/mol. The van der Waals surface area contributed by atoms with Crippen LogP contribution in [0, 0.1) is 0 Å². The van der Waals surface area contributed by atoms with Crippen molar-refractivity contribution in [2.75, 3.05) is 13.2 Å². The molecule has 0 aliphatic heterocycles. The molecule has 1 aromatic rings. The third kappa shape index (κ3) is 8.24. The number of carboxylic acids is 1. The van der Waals surface area contributed by atoms with E-state index in [-0.39, 0.29) is 6.42 Å². The average molecular weight is 423 g/mol. The van der Waals surface area contributed by atoms with E-state index in [4.69, 9.17) is 11.5 Å². The largest absolute Gasteiger partial charge is 0.480 e. The Bertz CT molecular complexity index is 771. The van der Waals surface area contributed by atoms with Gasteiger partial charge < -0.3 is 37.6 Å². The standard InChI is InChI=1S/C18H25N5O7/c19-8-15(26)21-13(9-24)17(28)22-11(7-14(20)25)16(27)23-12(18(29)30)6-10-4-2-1-3-5-10/h1-5,11-13,24H,6-9,19H2,(H2,20,25)(H,21,26)(H,22,28)(H,23,27)(H,29,30). The lowest BCUT2D eigenvalue weighted by Gasteiger charge is -2.23. The zero-order valence-electron chi connectivity index (χ0n) is 16.0. The van der Waals surface area contributed by atoms with Gasteiger partial charge in [-0.15, -0.1) is 0 Å². The Hall–Kier alpha value is -3.51. The Morgan fingerprint density at radius 1 is 0.900 bits per heavy atom. The monoisotopic (exact) mass is 423 g/mol. The first-order chi connectivity index (χ1) is 14.2. The third-order valence-electron chi connectivity index (χ3n) is 3.96. The molecule has 0 aliphatic rings. The van der Waals surface area contributed by atoms with Crippen LogP contribution in [-0.2, 0) is 30.4 Å². The lowest BCUT2D eigenvalue weighted by Crippen LogP contribution is -2.58. The normalized spacial score (nSPS) is 13.4. The first-order valence-corrected chi connectivity index (χ1v) is 8.94. The molecule has 0 saturated carbocycles. The van der Waals surface area contributed by atoms with Gasteiger partial charge in [-0.25, -0.2) is 4.79 Å². The van der Waals surface area contributed by atoms with E-state index >= 15 is 0 Å². The van der Waals surface area contributed by atoms with Gasteiger partial charge in [-0.3, -0.25) is 19.2 Å². The highest BCUT2D eigenvalue weighted by atomic mass is 16.4. The second-order valence-electron chi connectivity index (χ2n) is 6.33. The van der Waals surface area contributed by atoms with Crippen LogP contribution in [0.5, 0.6) is 0 Å². The molecule has 3 unspecified atom stereocenters. The van der Waals surface area contributed by atoms with Crippen LogP contribution in [0.4, 0.5) is 0 Å². The molecule has 30 heavy (non-hydrogen) atoms. The molecule has 0 spiro atoms. The van der Waals surface area contributed by atoms with Gasteiger partial charge in [0.2, 0.25) is 23.6 Å². The molecule has 3 atom stereocenters. The van der Waals surface area contributed by atoms with E-state index in [2.05, 4.69) is 16.0 Å². The van der Waals surface area contributed by atoms with Crippen molar-refractivity contribution in [1.82, 2.24) is 16.0 Å². The molecule has 0 bridgehead atoms. The lowest BCUT2D eigenvalue weighted by molar-refractivity contribution is -0.142. The SMILES string of the molecule is NCC(=O)NC(CO)C(=O)NC(CC(N)=O)C(=O)NC(Cc1ccccc1)C(=O)O. The smallest absolute Gasteiger partial charge is 0.326 e. The zero-order chi connectivity index (χ0) is 22.7. The summed E-state index contributed by atoms with van der Waals surface area (Å²) < 4.78 is 0. The second-order valence-corrected chi connectivity index (χ2v) is 6.33. The molecule has 0 aromatic heterocycles. The zero-order valence-corrected chi connectivity index (χ0v) is 16.0. The first-order valence-electron chi connectivity index (χ1n) is 8.94. The Labute approximate surface area is 172 Å². The van der Waals surface area contributed by atoms with E-state index in [1.165, 1.54) is 0 Å². The van der Waals surface area contributed by atoms with Crippen LogP contribution >= 0.6 is 0 Å². The number of amides is 4. The number of aliphatic hydroxyl groups is 1. The molecule has 0 radical (unpaired) electrons. The molecule has 12 heteroatoms. The van der Waals surface area contributed by atoms with E-state index in [1.807, 2.05) is 0 Å². The summed E-state index contributed by atoms with van der Waals surface area (Å²) in [6.45, 7) is -1.23. The minimum Gasteiger partial charge on any atom is -0.480 e. The van der Waals surface area contributed by atoms with Crippen LogP contribution in [0.1, 0.15) is 12.0 Å². The highest BCUT2D eigenvalue weighted by molar-refractivity contribution is 5.95. The van der Waals surface area contributed by atoms with Crippen LogP contribution in [-0.4, -0.2) is 71.1 Å². The third-order valence-corrected chi connectivity index (χ3v) is 3.96. The molecule has 1 rings (SSSR count). The molecule has 164 valence electrons. The molecule has 0 saturated heterocycles. The maximum absolute atomic E-state index is 12.5. The van der Waals surface area contributed by atoms with Gasteiger partial charge in [0.15, 0.2) is 0 Å². The number of carbonyl (C=O) groups excluding carboxylic acids is 4. The predicted octanol–water partition coefficient (Wildman–Crippen LogP) is -3.41. The van der Waals surface area contributed by atoms with Crippen molar-refractivity contribution >= 4 is 29.6 Å². The highest BCUT2D eigenvalue weighted by Gasteiger charge is 2.30. The molecule has 4 amide bonds. The van der Waals surface area contributed by atoms with Crippen molar-refractivity contribution in [3.8, 4) is 0 Å². The van der Waals surface area contributed by atoms with Gasteiger partial charge in [0, 0.05) is 6.42 Å². The molecule has 9 N–H and O–H groups in total. The molecular weight excluding hydrogens is 398 g/mol. The number of aliphatic hydroxyl groups excluding tert-OH is 1. The van der Waals surface area contributed by atoms with Crippen molar-refractivity contribution < 1.29 is 34.2 Å². The fourth-order valence-corrected chi connectivity index (χ4v) is 2.45. The van der Waals surface area contributed by atoms with Crippen LogP contribution < -0.4 is 27.4 Å². The number of benzene rings is 1. The Morgan fingerprint density at radius 3 is 1.97 bits per heavy atom. The molecular formula is C18H25N5O7. The van der Waals surface area contributed by atoms with E-state index < -0.39 is 67.3 Å². The van der Waals surface area contributed by atoms with E-state index in [0.717, 1.165) is 0 Å². The topological polar surface area (TPSA) is 214 Å². The van der Waals surface area contributed by atoms with Crippen molar-refractivity contribution in [3.05, 3.63) is 35.9 Å². The van der Waals surface area contributed by atoms with Gasteiger partial charge >= 0.3 is 5.97 Å². The fourth-order valence-electron chi connectivity index (χ4n) is 2.45. The van der Waals surface area contributed by atoms with Crippen LogP contribution in [0.15, 0.2) is 30.3 Å². The average Bonchev–Trinajstić information content (AvgIpc) is 2.70. The quantitative estimate of drug-likeness (QED) is 0.179. The van der Waals surface area contributed by atoms with Crippen molar-refractivity contribution in [1.29, 1.82) is 0 Å². The van der Waals surface area contributed by atoms with Gasteiger partial charge in [-0.2, -0.15) is 0 Å². The summed E-state index contributed by atoms with van der Waals surface area (Å²) in [5.41, 5.74) is 10.9. The summed E-state index contributed by atoms with van der Waals surface area (Å²) in [6, 6.07) is 4.23. The number of hydrogen-bond acceptors (Lipinski definition) is 7. The number of rotatable bonds is 12. The lowest BCUT2D eigenvalue weighted by atomic mass is 10.0. The van der Waals surface area contributed by atoms with Gasteiger partial charge in [0.25, 0.3) is 0 Å². The molecule has 12 nitrogen and oxygen atoms in total. The number of nitrogens with two attached hydrogens (primary N) is 2. The summed E-state index contributed by atoms with van der Waals surface area (Å²) in [4.78, 5) is 59.0. The Kier molecular flexibility index (Phi) is 9.92. The summed E-state index contributed by atoms with van der Waals surface area (Å²) in [7, 11) is 0. The number of primary amides is 1. The van der Waals surface area contributed by atoms with E-state index in [1.54, 1.807) is 30.3 Å². The maximum Gasteiger partial charge on any atom is 0.326 e. The number of carbonyl (C=O) groups is 5. The molecule has 1 aromatic carbocycles. The number of aliphatic carboxylic acids is 1. The fraction of sp³-hybridized carbons (Fsp3) is 0.389. The first kappa shape index (κ1) is 24.5. The van der Waals surface area contributed by atoms with Crippen molar-refractivity contribution in [2.24, 2.45) is 11.5 Å². The van der Waals surface area contributed by atoms with E-state index in [9.17, 15) is 34.2 Å². The van der Waals surface area contributed by atoms with Gasteiger partial charge in [0.1, 0.15) is 18.1 Å². The number of hydrogen-bond donors (Lipinski definition) is 7. The number of nitrogens with one attached hydrogen (secondary N) is 3. The van der Waals surface area contributed by atoms with Crippen LogP contribution in [0.2, 0.25) is 0 Å². The maximum atomic E-state index is 12.5. The van der Waals surface area contributed by atoms with Gasteiger partial charge in [-0.05, 0) is 5.56 Å². The van der Waals surface area contributed by atoms with Gasteiger partial charge in [-0.1, -0.05) is 30.3 Å². The molecule has 0 heterocycles. The number of carboxylic acid groups (broad SMARTS) is 1. The van der Waals surface area contributed by atoms with Gasteiger partial charge in [0.05, 0.1) is 19.6 Å². The summed E-state index contributed by atoms with van der Waals surface area (Å²) in [5.74, 6) is -4.92. The van der Waals surface area contributed by atoms with E-state index in [0.29, 0.717) is 5.56 Å². The molecule has 0 fully saturated rings. The Morgan fingerprint density at radius 2 is 1.47 bits per heavy atom. The minimum atomic E-state index is -1.52. The second kappa shape index (κ2) is 12.1. The van der Waals surface area contributed by atoms with Crippen molar-refractivity contribution in [3.63, 3.8) is 0 Å². The minimum absolute atomic E-state index is 0.0367. The highest BCUT2D eigenvalue weighted by Crippen LogP contribution is 2.05. The molecule has 0 aliphatic carbocycles. The Balaban J connectivity index is 2.90. The summed E-state index contributed by atoms with van der Waals surface area (Å²) in [5, 5.41) is 25.2. The van der Waals surface area contributed by atoms with Crippen LogP contribution in [0.3, 0.4) is 0 Å². The van der Waals surface area contributed by atoms with Crippen LogP contribution in [0.25, 0.3) is 0 Å². The summed E-state index contributed by atoms with van der Waals surface area (Å²) >= 11 is 0.